The lowest BCUT2D eigenvalue weighted by atomic mass is 9.89. The van der Waals surface area contributed by atoms with E-state index in [-0.39, 0.29) is 18.1 Å². The summed E-state index contributed by atoms with van der Waals surface area (Å²) in [7, 11) is 0. The second-order valence-electron chi connectivity index (χ2n) is 5.88. The van der Waals surface area contributed by atoms with Crippen LogP contribution in [0.5, 0.6) is 0 Å². The number of aryl methyl sites for hydroxylation is 1. The first kappa shape index (κ1) is 17.2. The van der Waals surface area contributed by atoms with Crippen molar-refractivity contribution in [3.63, 3.8) is 0 Å². The van der Waals surface area contributed by atoms with E-state index in [0.29, 0.717) is 17.8 Å². The van der Waals surface area contributed by atoms with E-state index in [4.69, 9.17) is 4.74 Å². The van der Waals surface area contributed by atoms with Gasteiger partial charge in [0, 0.05) is 6.61 Å². The molecular formula is C19H23NO3. The number of nitrogens with one attached hydrogen (secondary N) is 1. The quantitative estimate of drug-likeness (QED) is 0.851. The van der Waals surface area contributed by atoms with Gasteiger partial charge >= 0.3 is 0 Å². The molecule has 23 heavy (non-hydrogen) atoms. The number of rotatable bonds is 5. The summed E-state index contributed by atoms with van der Waals surface area (Å²) < 4.78 is 5.85. The predicted molar refractivity (Wildman–Crippen MR) is 89.9 cm³/mol. The van der Waals surface area contributed by atoms with Crippen LogP contribution in [0.15, 0.2) is 47.6 Å². The first-order chi connectivity index (χ1) is 10.9. The van der Waals surface area contributed by atoms with Gasteiger partial charge in [0.25, 0.3) is 0 Å². The monoisotopic (exact) mass is 313 g/mol. The molecule has 1 N–H and O–H groups in total. The molecule has 0 aromatic heterocycles. The lowest BCUT2D eigenvalue weighted by molar-refractivity contribution is -0.128. The van der Waals surface area contributed by atoms with E-state index in [2.05, 4.69) is 5.32 Å². The maximum atomic E-state index is 12.5. The summed E-state index contributed by atoms with van der Waals surface area (Å²) in [6.07, 6.45) is 3.28. The highest BCUT2D eigenvalue weighted by Gasteiger charge is 2.39. The molecule has 0 fully saturated rings. The Morgan fingerprint density at radius 2 is 1.65 bits per heavy atom. The van der Waals surface area contributed by atoms with E-state index in [1.54, 1.807) is 13.8 Å². The van der Waals surface area contributed by atoms with E-state index in [0.717, 1.165) is 11.1 Å². The third-order valence-electron chi connectivity index (χ3n) is 3.99. The average molecular weight is 313 g/mol. The molecule has 0 aliphatic heterocycles. The Hall–Kier alpha value is -2.20. The Morgan fingerprint density at radius 1 is 1.09 bits per heavy atom. The number of carbonyl (C=O) groups excluding carboxylic acids is 2. The smallest absolute Gasteiger partial charge is 0.227 e. The maximum absolute atomic E-state index is 12.5. The molecule has 0 saturated carbocycles. The van der Waals surface area contributed by atoms with Crippen LogP contribution in [0, 0.1) is 6.92 Å². The van der Waals surface area contributed by atoms with Crippen molar-refractivity contribution in [2.24, 2.45) is 0 Å². The van der Waals surface area contributed by atoms with Gasteiger partial charge in [0.05, 0.1) is 6.42 Å². The molecule has 0 radical (unpaired) electrons. The Bertz CT molecular complexity index is 646. The molecule has 122 valence electrons. The molecule has 4 heteroatoms. The molecule has 0 bridgehead atoms. The van der Waals surface area contributed by atoms with Crippen LogP contribution in [-0.4, -0.2) is 24.0 Å². The van der Waals surface area contributed by atoms with E-state index < -0.39 is 5.72 Å². The van der Waals surface area contributed by atoms with Gasteiger partial charge in [-0.1, -0.05) is 29.8 Å². The third-order valence-corrected chi connectivity index (χ3v) is 3.99. The molecule has 1 aromatic rings. The highest BCUT2D eigenvalue weighted by atomic mass is 16.5. The molecule has 2 rings (SSSR count). The Morgan fingerprint density at radius 3 is 2.17 bits per heavy atom. The molecular weight excluding hydrogens is 290 g/mol. The first-order valence-corrected chi connectivity index (χ1v) is 7.79. The summed E-state index contributed by atoms with van der Waals surface area (Å²) in [4.78, 5) is 24.2. The summed E-state index contributed by atoms with van der Waals surface area (Å²) in [5.41, 5.74) is 2.46. The number of hydrogen-bond donors (Lipinski definition) is 1. The predicted octanol–water partition coefficient (Wildman–Crippen LogP) is 2.86. The van der Waals surface area contributed by atoms with E-state index in [1.807, 2.05) is 38.1 Å². The van der Waals surface area contributed by atoms with E-state index >= 15 is 0 Å². The Kier molecular flexibility index (Phi) is 5.16. The molecule has 1 aliphatic carbocycles. The van der Waals surface area contributed by atoms with Crippen LogP contribution in [0.25, 0.3) is 0 Å². The zero-order chi connectivity index (χ0) is 17.0. The number of ether oxygens (including phenoxy) is 1. The van der Waals surface area contributed by atoms with Gasteiger partial charge in [0.1, 0.15) is 0 Å². The molecule has 4 nitrogen and oxygen atoms in total. The number of amides is 1. The maximum Gasteiger partial charge on any atom is 0.227 e. The number of allylic oxidation sites excluding steroid dienone is 2. The summed E-state index contributed by atoms with van der Waals surface area (Å²) in [6.45, 7) is 7.90. The van der Waals surface area contributed by atoms with Gasteiger partial charge in [-0.2, -0.15) is 0 Å². The van der Waals surface area contributed by atoms with E-state index in [1.165, 1.54) is 12.2 Å². The van der Waals surface area contributed by atoms with Crippen molar-refractivity contribution in [1.82, 2.24) is 5.32 Å². The highest BCUT2D eigenvalue weighted by Crippen LogP contribution is 2.30. The summed E-state index contributed by atoms with van der Waals surface area (Å²) in [5, 5.41) is 2.97. The fraction of sp³-hybridized carbons (Fsp3) is 0.368. The zero-order valence-electron chi connectivity index (χ0n) is 14.1. The minimum atomic E-state index is -1.02. The van der Waals surface area contributed by atoms with Gasteiger partial charge in [-0.3, -0.25) is 9.59 Å². The third kappa shape index (κ3) is 3.77. The van der Waals surface area contributed by atoms with Crippen LogP contribution in [0.4, 0.5) is 0 Å². The lowest BCUT2D eigenvalue weighted by Gasteiger charge is -2.38. The average Bonchev–Trinajstić information content (AvgIpc) is 2.47. The van der Waals surface area contributed by atoms with Crippen molar-refractivity contribution < 1.29 is 14.3 Å². The highest BCUT2D eigenvalue weighted by molar-refractivity contribution is 6.02. The first-order valence-electron chi connectivity index (χ1n) is 7.79. The van der Waals surface area contributed by atoms with Crippen LogP contribution < -0.4 is 5.32 Å². The second kappa shape index (κ2) is 6.92. The van der Waals surface area contributed by atoms with Crippen molar-refractivity contribution in [3.05, 3.63) is 58.7 Å². The molecule has 1 amide bonds. The number of ketones is 1. The Balaban J connectivity index is 2.20. The van der Waals surface area contributed by atoms with Gasteiger partial charge in [-0.25, -0.2) is 0 Å². The summed E-state index contributed by atoms with van der Waals surface area (Å²) >= 11 is 0. The fourth-order valence-electron chi connectivity index (χ4n) is 2.79. The van der Waals surface area contributed by atoms with Gasteiger partial charge in [-0.05, 0) is 56.6 Å². The van der Waals surface area contributed by atoms with Crippen molar-refractivity contribution in [1.29, 1.82) is 0 Å². The number of hydrogen-bond acceptors (Lipinski definition) is 3. The zero-order valence-corrected chi connectivity index (χ0v) is 14.1. The largest absolute Gasteiger partial charge is 0.348 e. The van der Waals surface area contributed by atoms with Crippen LogP contribution in [0.1, 0.15) is 31.9 Å². The normalized spacial score (nSPS) is 16.6. The molecule has 0 heterocycles. The topological polar surface area (TPSA) is 55.4 Å². The van der Waals surface area contributed by atoms with Gasteiger partial charge in [0.2, 0.25) is 5.91 Å². The van der Waals surface area contributed by atoms with Gasteiger partial charge in [-0.15, -0.1) is 0 Å². The molecule has 1 aromatic carbocycles. The van der Waals surface area contributed by atoms with Crippen molar-refractivity contribution in [2.45, 2.75) is 39.8 Å². The van der Waals surface area contributed by atoms with Crippen LogP contribution in [-0.2, 0) is 20.7 Å². The van der Waals surface area contributed by atoms with E-state index in [9.17, 15) is 9.59 Å². The fourth-order valence-corrected chi connectivity index (χ4v) is 2.79. The molecule has 0 saturated heterocycles. The minimum absolute atomic E-state index is 0.0805. The molecule has 0 atom stereocenters. The minimum Gasteiger partial charge on any atom is -0.348 e. The number of carbonyl (C=O) groups is 2. The Labute approximate surface area is 137 Å². The second-order valence-corrected chi connectivity index (χ2v) is 5.88. The molecule has 0 spiro atoms. The standard InChI is InChI=1S/C19H23NO3/c1-5-23-19(14(3)10-17(21)11-15(19)4)20-18(22)12-16-8-6-13(2)7-9-16/h6-11H,5,12H2,1-4H3,(H,20,22). The molecule has 0 unspecified atom stereocenters. The van der Waals surface area contributed by atoms with Crippen molar-refractivity contribution in [2.75, 3.05) is 6.61 Å². The van der Waals surface area contributed by atoms with Crippen LogP contribution in [0.2, 0.25) is 0 Å². The lowest BCUT2D eigenvalue weighted by Crippen LogP contribution is -2.54. The van der Waals surface area contributed by atoms with Crippen molar-refractivity contribution in [3.8, 4) is 0 Å². The van der Waals surface area contributed by atoms with Crippen LogP contribution >= 0.6 is 0 Å². The molecule has 1 aliphatic rings. The van der Waals surface area contributed by atoms with Crippen LogP contribution in [0.3, 0.4) is 0 Å². The van der Waals surface area contributed by atoms with Gasteiger partial charge < -0.3 is 10.1 Å². The summed E-state index contributed by atoms with van der Waals surface area (Å²) in [6, 6.07) is 7.85. The summed E-state index contributed by atoms with van der Waals surface area (Å²) in [5.74, 6) is -0.222. The number of benzene rings is 1. The van der Waals surface area contributed by atoms with Crippen molar-refractivity contribution >= 4 is 11.7 Å². The SMILES string of the molecule is CCOC1(NC(=O)Cc2ccc(C)cc2)C(C)=CC(=O)C=C1C. The van der Waals surface area contributed by atoms with Gasteiger partial charge in [0.15, 0.2) is 11.5 Å².